The summed E-state index contributed by atoms with van der Waals surface area (Å²) in [4.78, 5) is 30.2. The zero-order valence-electron chi connectivity index (χ0n) is 20.2. The Morgan fingerprint density at radius 3 is 2.49 bits per heavy atom. The quantitative estimate of drug-likeness (QED) is 0.387. The van der Waals surface area contributed by atoms with E-state index >= 15 is 0 Å². The van der Waals surface area contributed by atoms with Gasteiger partial charge in [0, 0.05) is 24.2 Å². The van der Waals surface area contributed by atoms with Gasteiger partial charge >= 0.3 is 11.9 Å². The van der Waals surface area contributed by atoms with Crippen LogP contribution in [0.25, 0.3) is 38.8 Å². The van der Waals surface area contributed by atoms with Gasteiger partial charge in [-0.15, -0.1) is 0 Å². The van der Waals surface area contributed by atoms with Crippen molar-refractivity contribution in [3.8, 4) is 16.8 Å². The first-order chi connectivity index (χ1) is 17.6. The van der Waals surface area contributed by atoms with Crippen molar-refractivity contribution in [3.05, 3.63) is 77.1 Å². The Morgan fingerprint density at radius 1 is 1.05 bits per heavy atom. The number of nitrogens with zero attached hydrogens (tertiary/aromatic N) is 5. The maximum atomic E-state index is 13.5. The lowest BCUT2D eigenvalue weighted by molar-refractivity contribution is -0.158. The molecule has 3 heterocycles. The zero-order valence-corrected chi connectivity index (χ0v) is 20.2. The van der Waals surface area contributed by atoms with Gasteiger partial charge in [0.2, 0.25) is 5.91 Å². The van der Waals surface area contributed by atoms with Gasteiger partial charge in [0.05, 0.1) is 34.6 Å². The van der Waals surface area contributed by atoms with Crippen molar-refractivity contribution in [1.29, 1.82) is 0 Å². The number of nitrogens with one attached hydrogen (secondary N) is 1. The Labute approximate surface area is 209 Å². The maximum absolute atomic E-state index is 13.5. The first-order valence-corrected chi connectivity index (χ1v) is 11.5. The Balaban J connectivity index is 1.56. The normalized spacial score (nSPS) is 12.8. The molecule has 37 heavy (non-hydrogen) atoms. The number of rotatable bonds is 5. The van der Waals surface area contributed by atoms with E-state index in [-0.39, 0.29) is 0 Å². The van der Waals surface area contributed by atoms with Crippen LogP contribution in [0, 0.1) is 6.92 Å². The number of halogens is 3. The number of carbonyl (C=O) groups excluding carboxylic acids is 1. The second-order valence-electron chi connectivity index (χ2n) is 8.91. The van der Waals surface area contributed by atoms with Crippen molar-refractivity contribution in [2.24, 2.45) is 7.05 Å². The molecule has 0 bridgehead atoms. The van der Waals surface area contributed by atoms with Crippen LogP contribution in [-0.4, -0.2) is 42.0 Å². The Morgan fingerprint density at radius 2 is 1.78 bits per heavy atom. The molecule has 0 aliphatic carbocycles. The summed E-state index contributed by atoms with van der Waals surface area (Å²) in [6.07, 6.45) is 0.680. The summed E-state index contributed by atoms with van der Waals surface area (Å²) in [5, 5.41) is 7.15. The Kier molecular flexibility index (Phi) is 5.85. The fourth-order valence-electron chi connectivity index (χ4n) is 4.46. The van der Waals surface area contributed by atoms with Gasteiger partial charge in [0.15, 0.2) is 0 Å². The predicted octanol–water partition coefficient (Wildman–Crippen LogP) is 4.12. The number of aromatic nitrogens is 5. The highest BCUT2D eigenvalue weighted by atomic mass is 19.4. The summed E-state index contributed by atoms with van der Waals surface area (Å²) in [6, 6.07) is 10.5. The third kappa shape index (κ3) is 4.26. The minimum Gasteiger partial charge on any atom is -0.343 e. The molecule has 8 nitrogen and oxygen atoms in total. The summed E-state index contributed by atoms with van der Waals surface area (Å²) in [5.41, 5.74) is 4.49. The van der Waals surface area contributed by atoms with Crippen LogP contribution in [0.15, 0.2) is 65.8 Å². The van der Waals surface area contributed by atoms with Crippen molar-refractivity contribution in [2.45, 2.75) is 32.6 Å². The van der Waals surface area contributed by atoms with Crippen LogP contribution in [0.5, 0.6) is 0 Å². The number of hydrogen-bond acceptors (Lipinski definition) is 4. The molecule has 0 saturated carbocycles. The van der Waals surface area contributed by atoms with E-state index < -0.39 is 30.4 Å². The maximum Gasteiger partial charge on any atom is 0.408 e. The van der Waals surface area contributed by atoms with Gasteiger partial charge < -0.3 is 5.32 Å². The average molecular weight is 509 g/mol. The molecule has 0 spiro atoms. The molecular formula is C26H23F3N6O2. The topological polar surface area (TPSA) is 86.7 Å². The molecule has 2 aromatic carbocycles. The highest BCUT2D eigenvalue weighted by Crippen LogP contribution is 2.29. The molecule has 5 aromatic rings. The Hall–Kier alpha value is -4.41. The van der Waals surface area contributed by atoms with Crippen LogP contribution in [0.4, 0.5) is 13.2 Å². The number of carbonyl (C=O) groups is 1. The number of para-hydroxylation sites is 1. The summed E-state index contributed by atoms with van der Waals surface area (Å²) in [5.74, 6) is -0.903. The summed E-state index contributed by atoms with van der Waals surface area (Å²) in [7, 11) is 1.84. The fourth-order valence-corrected chi connectivity index (χ4v) is 4.46. The van der Waals surface area contributed by atoms with E-state index in [4.69, 9.17) is 0 Å². The van der Waals surface area contributed by atoms with Gasteiger partial charge in [-0.2, -0.15) is 18.3 Å². The van der Waals surface area contributed by atoms with E-state index in [0.29, 0.717) is 16.7 Å². The SMILES string of the molecule is Cc1cccc2c1n(-c1ccc(-c3cncc4c3cnn4C)cc1)c(=O)n2CC(=O)NC(C)C(F)(F)F. The van der Waals surface area contributed by atoms with E-state index in [0.717, 1.165) is 34.5 Å². The van der Waals surface area contributed by atoms with Crippen LogP contribution >= 0.6 is 0 Å². The van der Waals surface area contributed by atoms with E-state index in [1.165, 1.54) is 9.13 Å². The molecule has 1 amide bonds. The molecule has 3 aromatic heterocycles. The zero-order chi connectivity index (χ0) is 26.5. The van der Waals surface area contributed by atoms with Crippen LogP contribution < -0.4 is 11.0 Å². The Bertz CT molecular complexity index is 1700. The van der Waals surface area contributed by atoms with Gasteiger partial charge in [-0.25, -0.2) is 4.79 Å². The number of alkyl halides is 3. The number of imidazole rings is 1. The molecule has 1 unspecified atom stereocenters. The second-order valence-corrected chi connectivity index (χ2v) is 8.91. The number of hydrogen-bond donors (Lipinski definition) is 1. The molecule has 0 aliphatic rings. The average Bonchev–Trinajstić information content (AvgIpc) is 3.37. The number of aryl methyl sites for hydroxylation is 2. The molecule has 190 valence electrons. The molecule has 0 radical (unpaired) electrons. The van der Waals surface area contributed by atoms with Gasteiger partial charge in [0.25, 0.3) is 0 Å². The number of pyridine rings is 1. The van der Waals surface area contributed by atoms with Crippen molar-refractivity contribution in [3.63, 3.8) is 0 Å². The molecular weight excluding hydrogens is 485 g/mol. The largest absolute Gasteiger partial charge is 0.408 e. The van der Waals surface area contributed by atoms with E-state index in [1.807, 2.05) is 37.5 Å². The second kappa shape index (κ2) is 8.91. The fraction of sp³-hybridized carbons (Fsp3) is 0.231. The van der Waals surface area contributed by atoms with E-state index in [9.17, 15) is 22.8 Å². The lowest BCUT2D eigenvalue weighted by atomic mass is 10.0. The lowest BCUT2D eigenvalue weighted by Crippen LogP contribution is -2.45. The third-order valence-electron chi connectivity index (χ3n) is 6.44. The molecule has 1 atom stereocenters. The van der Waals surface area contributed by atoms with Crippen molar-refractivity contribution < 1.29 is 18.0 Å². The van der Waals surface area contributed by atoms with Crippen LogP contribution in [0.1, 0.15) is 12.5 Å². The minimum atomic E-state index is -4.58. The summed E-state index contributed by atoms with van der Waals surface area (Å²) < 4.78 is 43.1. The molecule has 0 saturated heterocycles. The van der Waals surface area contributed by atoms with Crippen LogP contribution in [-0.2, 0) is 18.4 Å². The number of benzene rings is 2. The van der Waals surface area contributed by atoms with E-state index in [1.54, 1.807) is 47.5 Å². The van der Waals surface area contributed by atoms with Crippen molar-refractivity contribution in [2.75, 3.05) is 0 Å². The summed E-state index contributed by atoms with van der Waals surface area (Å²) in [6.45, 7) is 2.15. The molecule has 0 aliphatic heterocycles. The van der Waals surface area contributed by atoms with Crippen molar-refractivity contribution in [1.82, 2.24) is 29.2 Å². The molecule has 0 fully saturated rings. The summed E-state index contributed by atoms with van der Waals surface area (Å²) >= 11 is 0. The molecule has 5 rings (SSSR count). The molecule has 11 heteroatoms. The van der Waals surface area contributed by atoms with E-state index in [2.05, 4.69) is 10.1 Å². The minimum absolute atomic E-state index is 0.452. The van der Waals surface area contributed by atoms with Gasteiger partial charge in [-0.3, -0.25) is 23.6 Å². The number of amides is 1. The first kappa shape index (κ1) is 24.3. The molecule has 1 N–H and O–H groups in total. The van der Waals surface area contributed by atoms with Gasteiger partial charge in [0.1, 0.15) is 12.6 Å². The first-order valence-electron chi connectivity index (χ1n) is 11.5. The van der Waals surface area contributed by atoms with Crippen LogP contribution in [0.2, 0.25) is 0 Å². The van der Waals surface area contributed by atoms with Crippen LogP contribution in [0.3, 0.4) is 0 Å². The highest BCUT2D eigenvalue weighted by molar-refractivity contribution is 5.94. The lowest BCUT2D eigenvalue weighted by Gasteiger charge is -2.17. The monoisotopic (exact) mass is 508 g/mol. The highest BCUT2D eigenvalue weighted by Gasteiger charge is 2.37. The van der Waals surface area contributed by atoms with Crippen molar-refractivity contribution >= 4 is 27.8 Å². The standard InChI is InChI=1S/C26H23F3N6O2/c1-15-5-4-6-21-24(15)35(25(37)34(21)14-23(36)32-16(2)26(27,28)29)18-9-7-17(8-10-18)19-11-30-13-22-20(19)12-31-33(22)3/h4-13,16H,14H2,1-3H3,(H,32,36). The number of fused-ring (bicyclic) bond motifs is 2. The van der Waals surface area contributed by atoms with Gasteiger partial charge in [-0.1, -0.05) is 24.3 Å². The van der Waals surface area contributed by atoms with Gasteiger partial charge in [-0.05, 0) is 43.2 Å². The third-order valence-corrected chi connectivity index (χ3v) is 6.44. The predicted molar refractivity (Wildman–Crippen MR) is 133 cm³/mol. The smallest absolute Gasteiger partial charge is 0.343 e.